The molecule has 0 aliphatic carbocycles. The number of likely N-dealkylation sites (tertiary alicyclic amines) is 1. The highest BCUT2D eigenvalue weighted by atomic mass is 15.5. The molecule has 1 saturated heterocycles. The minimum absolute atomic E-state index is 0.135. The first kappa shape index (κ1) is 10.9. The van der Waals surface area contributed by atoms with Crippen molar-refractivity contribution in [3.8, 4) is 0 Å². The average molecular weight is 186 g/mol. The fourth-order valence-electron chi connectivity index (χ4n) is 1.88. The number of piperidine rings is 1. The van der Waals surface area contributed by atoms with Crippen molar-refractivity contribution < 1.29 is 0 Å². The van der Waals surface area contributed by atoms with E-state index in [2.05, 4.69) is 17.4 Å². The van der Waals surface area contributed by atoms with Gasteiger partial charge in [0.05, 0.1) is 0 Å². The van der Waals surface area contributed by atoms with Gasteiger partial charge in [0.25, 0.3) is 0 Å². The van der Waals surface area contributed by atoms with E-state index in [4.69, 9.17) is 5.73 Å². The fraction of sp³-hybridized carbons (Fsp3) is 1.00. The number of nitrogens with two attached hydrogens (primary N) is 1. The number of rotatable bonds is 3. The van der Waals surface area contributed by atoms with Gasteiger partial charge in [-0.1, -0.05) is 0 Å². The summed E-state index contributed by atoms with van der Waals surface area (Å²) in [6, 6.07) is 0. The van der Waals surface area contributed by atoms with E-state index in [1.54, 1.807) is 0 Å². The van der Waals surface area contributed by atoms with E-state index in [0.717, 1.165) is 32.5 Å². The summed E-state index contributed by atoms with van der Waals surface area (Å²) in [7, 11) is 6.21. The highest BCUT2D eigenvalue weighted by Gasteiger charge is 2.32. The molecular weight excluding hydrogens is 164 g/mol. The molecule has 0 atom stereocenters. The lowest BCUT2D eigenvalue weighted by Gasteiger charge is -2.42. The van der Waals surface area contributed by atoms with Crippen LogP contribution in [0, 0.1) is 0 Å². The van der Waals surface area contributed by atoms with E-state index in [0.29, 0.717) is 0 Å². The van der Waals surface area contributed by atoms with Gasteiger partial charge in [-0.05, 0) is 33.0 Å². The number of nitrogens with one attached hydrogen (secondary N) is 1. The SMILES string of the molecule is CN1CCC(CN)(NN(C)C)CC1. The third-order valence-electron chi connectivity index (χ3n) is 2.80. The van der Waals surface area contributed by atoms with Crippen molar-refractivity contribution in [2.45, 2.75) is 18.4 Å². The maximum Gasteiger partial charge on any atom is 0.0472 e. The topological polar surface area (TPSA) is 44.5 Å². The van der Waals surface area contributed by atoms with Gasteiger partial charge in [0.1, 0.15) is 0 Å². The van der Waals surface area contributed by atoms with Crippen molar-refractivity contribution in [3.63, 3.8) is 0 Å². The molecule has 0 aromatic rings. The van der Waals surface area contributed by atoms with Crippen LogP contribution < -0.4 is 11.2 Å². The molecule has 4 heteroatoms. The molecule has 1 heterocycles. The van der Waals surface area contributed by atoms with Crippen LogP contribution in [0.2, 0.25) is 0 Å². The molecule has 13 heavy (non-hydrogen) atoms. The standard InChI is InChI=1S/C9H22N4/c1-12(2)11-9(8-10)4-6-13(3)7-5-9/h11H,4-8,10H2,1-3H3. The second-order valence-electron chi connectivity index (χ2n) is 4.29. The van der Waals surface area contributed by atoms with Gasteiger partial charge < -0.3 is 10.6 Å². The van der Waals surface area contributed by atoms with Gasteiger partial charge in [0.2, 0.25) is 0 Å². The molecule has 0 unspecified atom stereocenters. The van der Waals surface area contributed by atoms with Crippen LogP contribution in [0.25, 0.3) is 0 Å². The van der Waals surface area contributed by atoms with Gasteiger partial charge in [-0.3, -0.25) is 5.01 Å². The maximum atomic E-state index is 5.82. The Kier molecular flexibility index (Phi) is 3.67. The van der Waals surface area contributed by atoms with Crippen molar-refractivity contribution in [1.82, 2.24) is 15.3 Å². The molecule has 0 bridgehead atoms. The lowest BCUT2D eigenvalue weighted by atomic mass is 9.88. The summed E-state index contributed by atoms with van der Waals surface area (Å²) in [6.07, 6.45) is 2.27. The first-order valence-corrected chi connectivity index (χ1v) is 4.92. The van der Waals surface area contributed by atoms with Crippen LogP contribution in [-0.2, 0) is 0 Å². The van der Waals surface area contributed by atoms with Crippen molar-refractivity contribution in [2.75, 3.05) is 40.8 Å². The van der Waals surface area contributed by atoms with Crippen LogP contribution >= 0.6 is 0 Å². The Morgan fingerprint density at radius 1 is 1.38 bits per heavy atom. The lowest BCUT2D eigenvalue weighted by Crippen LogP contribution is -2.60. The van der Waals surface area contributed by atoms with Crippen molar-refractivity contribution in [1.29, 1.82) is 0 Å². The Labute approximate surface area is 81.0 Å². The van der Waals surface area contributed by atoms with E-state index < -0.39 is 0 Å². The van der Waals surface area contributed by atoms with Gasteiger partial charge in [0.15, 0.2) is 0 Å². The zero-order valence-corrected chi connectivity index (χ0v) is 9.01. The normalized spacial score (nSPS) is 23.8. The Morgan fingerprint density at radius 3 is 2.31 bits per heavy atom. The first-order valence-electron chi connectivity index (χ1n) is 4.92. The zero-order valence-electron chi connectivity index (χ0n) is 9.01. The van der Waals surface area contributed by atoms with Crippen LogP contribution in [0.3, 0.4) is 0 Å². The lowest BCUT2D eigenvalue weighted by molar-refractivity contribution is 0.0913. The molecule has 0 saturated carbocycles. The molecule has 0 aromatic heterocycles. The molecule has 1 aliphatic rings. The predicted octanol–water partition coefficient (Wildman–Crippen LogP) is -0.524. The van der Waals surface area contributed by atoms with Gasteiger partial charge in [-0.15, -0.1) is 0 Å². The molecule has 1 rings (SSSR count). The van der Waals surface area contributed by atoms with E-state index in [1.165, 1.54) is 0 Å². The smallest absolute Gasteiger partial charge is 0.0472 e. The van der Waals surface area contributed by atoms with E-state index in [1.807, 2.05) is 19.1 Å². The average Bonchev–Trinajstić information content (AvgIpc) is 2.09. The summed E-state index contributed by atoms with van der Waals surface area (Å²) in [5, 5.41) is 2.01. The van der Waals surface area contributed by atoms with Crippen molar-refractivity contribution >= 4 is 0 Å². The van der Waals surface area contributed by atoms with Crippen LogP contribution in [0.4, 0.5) is 0 Å². The number of nitrogens with zero attached hydrogens (tertiary/aromatic N) is 2. The molecule has 78 valence electrons. The predicted molar refractivity (Wildman–Crippen MR) is 55.3 cm³/mol. The van der Waals surface area contributed by atoms with Crippen LogP contribution in [0.15, 0.2) is 0 Å². The summed E-state index contributed by atoms with van der Waals surface area (Å²) in [4.78, 5) is 2.35. The Hall–Kier alpha value is -0.160. The number of hydrazine groups is 1. The monoisotopic (exact) mass is 186 g/mol. The second kappa shape index (κ2) is 4.37. The molecule has 3 N–H and O–H groups in total. The van der Waals surface area contributed by atoms with Crippen LogP contribution in [0.5, 0.6) is 0 Å². The van der Waals surface area contributed by atoms with Gasteiger partial charge in [-0.2, -0.15) is 0 Å². The van der Waals surface area contributed by atoms with Crippen molar-refractivity contribution in [3.05, 3.63) is 0 Å². The van der Waals surface area contributed by atoms with Gasteiger partial charge in [0, 0.05) is 26.2 Å². The van der Waals surface area contributed by atoms with Gasteiger partial charge in [-0.25, -0.2) is 5.43 Å². The molecule has 1 fully saturated rings. The summed E-state index contributed by atoms with van der Waals surface area (Å²) in [5.41, 5.74) is 9.41. The second-order valence-corrected chi connectivity index (χ2v) is 4.29. The largest absolute Gasteiger partial charge is 0.329 e. The van der Waals surface area contributed by atoms with Crippen molar-refractivity contribution in [2.24, 2.45) is 5.73 Å². The fourth-order valence-corrected chi connectivity index (χ4v) is 1.88. The Morgan fingerprint density at radius 2 is 1.92 bits per heavy atom. The number of hydrogen-bond acceptors (Lipinski definition) is 4. The molecule has 0 aromatic carbocycles. The summed E-state index contributed by atoms with van der Waals surface area (Å²) in [6.45, 7) is 3.00. The van der Waals surface area contributed by atoms with E-state index >= 15 is 0 Å². The minimum atomic E-state index is 0.135. The van der Waals surface area contributed by atoms with Crippen LogP contribution in [0.1, 0.15) is 12.8 Å². The number of hydrogen-bond donors (Lipinski definition) is 2. The summed E-state index contributed by atoms with van der Waals surface area (Å²) < 4.78 is 0. The molecule has 1 aliphatic heterocycles. The Balaban J connectivity index is 2.50. The highest BCUT2D eigenvalue weighted by molar-refractivity contribution is 4.92. The van der Waals surface area contributed by atoms with Gasteiger partial charge >= 0.3 is 0 Å². The molecular formula is C9H22N4. The quantitative estimate of drug-likeness (QED) is 0.582. The highest BCUT2D eigenvalue weighted by Crippen LogP contribution is 2.20. The zero-order chi connectivity index (χ0) is 9.90. The third-order valence-corrected chi connectivity index (χ3v) is 2.80. The first-order chi connectivity index (χ1) is 6.08. The third kappa shape index (κ3) is 2.91. The van der Waals surface area contributed by atoms with E-state index in [9.17, 15) is 0 Å². The molecule has 0 spiro atoms. The maximum absolute atomic E-state index is 5.82. The van der Waals surface area contributed by atoms with E-state index in [-0.39, 0.29) is 5.54 Å². The summed E-state index contributed by atoms with van der Waals surface area (Å²) in [5.74, 6) is 0. The summed E-state index contributed by atoms with van der Waals surface area (Å²) >= 11 is 0. The Bertz CT molecular complexity index is 150. The molecule has 0 radical (unpaired) electrons. The molecule has 0 amide bonds. The minimum Gasteiger partial charge on any atom is -0.329 e. The molecule has 4 nitrogen and oxygen atoms in total. The van der Waals surface area contributed by atoms with Crippen LogP contribution in [-0.4, -0.2) is 56.2 Å².